The molecule has 0 amide bonds. The molecule has 2 heterocycles. The predicted octanol–water partition coefficient (Wildman–Crippen LogP) is 3.31. The van der Waals surface area contributed by atoms with Crippen LogP contribution < -0.4 is 10.1 Å². The molecule has 4 nitrogen and oxygen atoms in total. The number of nitrogens with zero attached hydrogens (tertiary/aromatic N) is 2. The van der Waals surface area contributed by atoms with Gasteiger partial charge in [-0.1, -0.05) is 12.1 Å². The van der Waals surface area contributed by atoms with Gasteiger partial charge < -0.3 is 15.0 Å². The van der Waals surface area contributed by atoms with E-state index < -0.39 is 0 Å². The summed E-state index contributed by atoms with van der Waals surface area (Å²) in [4.78, 5) is 7.07. The number of hydrogen-bond acceptors (Lipinski definition) is 4. The number of nitrogens with one attached hydrogen (secondary N) is 1. The Morgan fingerprint density at radius 1 is 1.41 bits per heavy atom. The molecule has 1 aliphatic rings. The number of piperidine rings is 1. The average Bonchev–Trinajstić information content (AvgIpc) is 2.52. The lowest BCUT2D eigenvalue weighted by Gasteiger charge is -2.30. The van der Waals surface area contributed by atoms with Gasteiger partial charge in [-0.2, -0.15) is 0 Å². The second kappa shape index (κ2) is 6.53. The maximum Gasteiger partial charge on any atom is 0.145 e. The Labute approximate surface area is 132 Å². The first-order valence-corrected chi connectivity index (χ1v) is 8.04. The first-order valence-electron chi connectivity index (χ1n) is 8.04. The fourth-order valence-corrected chi connectivity index (χ4v) is 3.36. The number of aryl methyl sites for hydroxylation is 1. The van der Waals surface area contributed by atoms with Gasteiger partial charge in [0.1, 0.15) is 11.3 Å². The van der Waals surface area contributed by atoms with Gasteiger partial charge >= 0.3 is 0 Å². The normalized spacial score (nSPS) is 19.3. The summed E-state index contributed by atoms with van der Waals surface area (Å²) in [6, 6.07) is 8.24. The van der Waals surface area contributed by atoms with Crippen molar-refractivity contribution in [3.63, 3.8) is 0 Å². The lowest BCUT2D eigenvalue weighted by molar-refractivity contribution is 0.217. The number of para-hydroxylation sites is 1. The number of anilines is 1. The largest absolute Gasteiger partial charge is 0.494 e. The number of rotatable bonds is 4. The zero-order chi connectivity index (χ0) is 15.5. The van der Waals surface area contributed by atoms with Gasteiger partial charge in [0.2, 0.25) is 0 Å². The smallest absolute Gasteiger partial charge is 0.145 e. The minimum absolute atomic E-state index is 0.716. The summed E-state index contributed by atoms with van der Waals surface area (Å²) in [5, 5.41) is 4.78. The van der Waals surface area contributed by atoms with E-state index in [-0.39, 0.29) is 0 Å². The number of fused-ring (bicyclic) bond motifs is 1. The Balaban J connectivity index is 1.84. The van der Waals surface area contributed by atoms with Crippen LogP contribution in [0.25, 0.3) is 10.9 Å². The van der Waals surface area contributed by atoms with Crippen molar-refractivity contribution >= 4 is 16.6 Å². The Hall–Kier alpha value is -1.81. The predicted molar refractivity (Wildman–Crippen MR) is 91.7 cm³/mol. The van der Waals surface area contributed by atoms with Crippen molar-refractivity contribution in [2.24, 2.45) is 5.92 Å². The van der Waals surface area contributed by atoms with Crippen LogP contribution in [0.15, 0.2) is 24.3 Å². The topological polar surface area (TPSA) is 37.4 Å². The Bertz CT molecular complexity index is 656. The quantitative estimate of drug-likeness (QED) is 0.940. The van der Waals surface area contributed by atoms with E-state index in [0.717, 1.165) is 34.6 Å². The zero-order valence-electron chi connectivity index (χ0n) is 13.7. The molecule has 0 aliphatic carbocycles. The highest BCUT2D eigenvalue weighted by Crippen LogP contribution is 2.30. The van der Waals surface area contributed by atoms with E-state index in [9.17, 15) is 0 Å². The van der Waals surface area contributed by atoms with Crippen LogP contribution in [0.2, 0.25) is 0 Å². The van der Waals surface area contributed by atoms with Crippen molar-refractivity contribution < 1.29 is 4.74 Å². The Kier molecular flexibility index (Phi) is 4.48. The van der Waals surface area contributed by atoms with Gasteiger partial charge in [0, 0.05) is 29.9 Å². The second-order valence-corrected chi connectivity index (χ2v) is 6.32. The number of hydrogen-bond donors (Lipinski definition) is 1. The standard InChI is InChI=1S/C18H25N3O/c1-13-10-16(19-11-14-6-5-9-21(2)12-14)15-7-4-8-17(22-3)18(15)20-13/h4,7-8,10,14H,5-6,9,11-12H2,1-3H3,(H,19,20). The van der Waals surface area contributed by atoms with Crippen molar-refractivity contribution in [1.82, 2.24) is 9.88 Å². The number of likely N-dealkylation sites (tertiary alicyclic amines) is 1. The van der Waals surface area contributed by atoms with E-state index in [2.05, 4.69) is 34.4 Å². The first-order chi connectivity index (χ1) is 10.7. The van der Waals surface area contributed by atoms with Crippen molar-refractivity contribution in [2.45, 2.75) is 19.8 Å². The molecule has 1 fully saturated rings. The molecule has 1 atom stereocenters. The second-order valence-electron chi connectivity index (χ2n) is 6.32. The molecule has 22 heavy (non-hydrogen) atoms. The van der Waals surface area contributed by atoms with Crippen LogP contribution in [0.1, 0.15) is 18.5 Å². The molecular formula is C18H25N3O. The molecule has 3 rings (SSSR count). The molecule has 1 aromatic heterocycles. The molecule has 1 N–H and O–H groups in total. The molecule has 4 heteroatoms. The lowest BCUT2D eigenvalue weighted by atomic mass is 9.98. The third-order valence-corrected chi connectivity index (χ3v) is 4.45. The molecule has 1 aromatic carbocycles. The van der Waals surface area contributed by atoms with Crippen molar-refractivity contribution in [1.29, 1.82) is 0 Å². The van der Waals surface area contributed by atoms with E-state index in [1.54, 1.807) is 7.11 Å². The lowest BCUT2D eigenvalue weighted by Crippen LogP contribution is -2.35. The van der Waals surface area contributed by atoms with Gasteiger partial charge in [-0.15, -0.1) is 0 Å². The number of aromatic nitrogens is 1. The van der Waals surface area contributed by atoms with Gasteiger partial charge in [0.05, 0.1) is 7.11 Å². The summed E-state index contributed by atoms with van der Waals surface area (Å²) in [6.45, 7) is 5.45. The monoisotopic (exact) mass is 299 g/mol. The number of pyridine rings is 1. The fraction of sp³-hybridized carbons (Fsp3) is 0.500. The SMILES string of the molecule is COc1cccc2c(NCC3CCCN(C)C3)cc(C)nc12. The molecular weight excluding hydrogens is 274 g/mol. The molecule has 0 saturated carbocycles. The average molecular weight is 299 g/mol. The van der Waals surface area contributed by atoms with E-state index in [1.807, 2.05) is 19.1 Å². The molecule has 118 valence electrons. The minimum atomic E-state index is 0.716. The summed E-state index contributed by atoms with van der Waals surface area (Å²) in [5.74, 6) is 1.55. The summed E-state index contributed by atoms with van der Waals surface area (Å²) in [7, 11) is 3.91. The van der Waals surface area contributed by atoms with Gasteiger partial charge in [-0.05, 0) is 51.4 Å². The van der Waals surface area contributed by atoms with Gasteiger partial charge in [-0.3, -0.25) is 0 Å². The van der Waals surface area contributed by atoms with Crippen molar-refractivity contribution in [3.8, 4) is 5.75 Å². The summed E-state index contributed by atoms with van der Waals surface area (Å²) in [6.07, 6.45) is 2.61. The minimum Gasteiger partial charge on any atom is -0.494 e. The van der Waals surface area contributed by atoms with Crippen LogP contribution >= 0.6 is 0 Å². The van der Waals surface area contributed by atoms with Crippen molar-refractivity contribution in [3.05, 3.63) is 30.0 Å². The molecule has 0 bridgehead atoms. The number of methoxy groups -OCH3 is 1. The maximum atomic E-state index is 5.45. The highest BCUT2D eigenvalue weighted by molar-refractivity contribution is 5.95. The molecule has 2 aromatic rings. The third-order valence-electron chi connectivity index (χ3n) is 4.45. The van der Waals surface area contributed by atoms with Gasteiger partial charge in [-0.25, -0.2) is 4.98 Å². The van der Waals surface area contributed by atoms with Crippen molar-refractivity contribution in [2.75, 3.05) is 39.1 Å². The van der Waals surface area contributed by atoms with Crippen LogP contribution in [-0.2, 0) is 0 Å². The third kappa shape index (κ3) is 3.17. The zero-order valence-corrected chi connectivity index (χ0v) is 13.7. The molecule has 1 aliphatic heterocycles. The Morgan fingerprint density at radius 3 is 3.05 bits per heavy atom. The van der Waals surface area contributed by atoms with Crippen LogP contribution in [0, 0.1) is 12.8 Å². The van der Waals surface area contributed by atoms with Crippen LogP contribution in [-0.4, -0.2) is 43.7 Å². The summed E-state index contributed by atoms with van der Waals surface area (Å²) >= 11 is 0. The first kappa shape index (κ1) is 15.1. The molecule has 1 saturated heterocycles. The number of benzene rings is 1. The fourth-order valence-electron chi connectivity index (χ4n) is 3.36. The number of ether oxygens (including phenoxy) is 1. The summed E-state index contributed by atoms with van der Waals surface area (Å²) in [5.41, 5.74) is 3.11. The molecule has 0 spiro atoms. The van der Waals surface area contributed by atoms with Crippen LogP contribution in [0.5, 0.6) is 5.75 Å². The van der Waals surface area contributed by atoms with Gasteiger partial charge in [0.15, 0.2) is 0 Å². The van der Waals surface area contributed by atoms with E-state index in [4.69, 9.17) is 4.74 Å². The highest BCUT2D eigenvalue weighted by Gasteiger charge is 2.17. The maximum absolute atomic E-state index is 5.45. The highest BCUT2D eigenvalue weighted by atomic mass is 16.5. The van der Waals surface area contributed by atoms with E-state index in [1.165, 1.54) is 25.9 Å². The van der Waals surface area contributed by atoms with Crippen LogP contribution in [0.3, 0.4) is 0 Å². The molecule has 1 unspecified atom stereocenters. The summed E-state index contributed by atoms with van der Waals surface area (Å²) < 4.78 is 5.45. The molecule has 0 radical (unpaired) electrons. The van der Waals surface area contributed by atoms with E-state index in [0.29, 0.717) is 5.92 Å². The van der Waals surface area contributed by atoms with E-state index >= 15 is 0 Å². The Morgan fingerprint density at radius 2 is 2.27 bits per heavy atom. The van der Waals surface area contributed by atoms with Crippen LogP contribution in [0.4, 0.5) is 5.69 Å². The van der Waals surface area contributed by atoms with Gasteiger partial charge in [0.25, 0.3) is 0 Å².